The molecule has 1 fully saturated rings. The molecule has 0 aliphatic carbocycles. The molecule has 1 aliphatic heterocycles. The summed E-state index contributed by atoms with van der Waals surface area (Å²) in [6.07, 6.45) is 0. The number of anilines is 2. The van der Waals surface area contributed by atoms with Gasteiger partial charge in [-0.25, -0.2) is 0 Å². The number of benzene rings is 2. The first kappa shape index (κ1) is 19.6. The van der Waals surface area contributed by atoms with E-state index in [9.17, 15) is 4.79 Å². The molecule has 1 aliphatic rings. The molecule has 0 aromatic heterocycles. The van der Waals surface area contributed by atoms with Gasteiger partial charge in [-0.2, -0.15) is 0 Å². The molecule has 1 N–H and O–H groups in total. The summed E-state index contributed by atoms with van der Waals surface area (Å²) in [5.41, 5.74) is 4.65. The molecule has 1 heterocycles. The third kappa shape index (κ3) is 4.75. The van der Waals surface area contributed by atoms with Crippen LogP contribution >= 0.6 is 11.6 Å². The Morgan fingerprint density at radius 3 is 2.48 bits per heavy atom. The molecule has 3 rings (SSSR count). The summed E-state index contributed by atoms with van der Waals surface area (Å²) in [5, 5.41) is 4.13. The van der Waals surface area contributed by atoms with E-state index in [2.05, 4.69) is 55.3 Å². The highest BCUT2D eigenvalue weighted by molar-refractivity contribution is 6.30. The molecule has 2 aromatic carbocycles. The van der Waals surface area contributed by atoms with E-state index < -0.39 is 0 Å². The number of aryl methyl sites for hydroxylation is 1. The van der Waals surface area contributed by atoms with Crippen LogP contribution in [0.15, 0.2) is 42.5 Å². The normalized spacial score (nSPS) is 14.6. The number of nitrogens with one attached hydrogen (secondary N) is 1. The molecule has 1 amide bonds. The van der Waals surface area contributed by atoms with E-state index in [4.69, 9.17) is 11.6 Å². The molecule has 144 valence electrons. The van der Waals surface area contributed by atoms with Crippen molar-refractivity contribution in [3.05, 3.63) is 58.6 Å². The Morgan fingerprint density at radius 2 is 1.81 bits per heavy atom. The monoisotopic (exact) mass is 385 g/mol. The van der Waals surface area contributed by atoms with E-state index in [1.165, 1.54) is 11.1 Å². The maximum atomic E-state index is 12.7. The number of halogens is 1. The highest BCUT2D eigenvalue weighted by atomic mass is 35.5. The Kier molecular flexibility index (Phi) is 6.27. The van der Waals surface area contributed by atoms with Gasteiger partial charge in [-0.05, 0) is 42.2 Å². The molecule has 0 atom stereocenters. The summed E-state index contributed by atoms with van der Waals surface area (Å²) in [6.45, 7) is 9.90. The summed E-state index contributed by atoms with van der Waals surface area (Å²) in [7, 11) is 0. The molecule has 5 heteroatoms. The number of amides is 1. The Bertz CT molecular complexity index is 798. The highest BCUT2D eigenvalue weighted by Crippen LogP contribution is 2.27. The number of para-hydroxylation sites is 1. The molecule has 0 radical (unpaired) electrons. The van der Waals surface area contributed by atoms with E-state index in [0.717, 1.165) is 42.6 Å². The zero-order chi connectivity index (χ0) is 19.4. The minimum Gasteiger partial charge on any atom is -0.376 e. The first-order valence-corrected chi connectivity index (χ1v) is 9.95. The highest BCUT2D eigenvalue weighted by Gasteiger charge is 2.21. The van der Waals surface area contributed by atoms with E-state index in [0.29, 0.717) is 12.5 Å². The van der Waals surface area contributed by atoms with E-state index in [1.807, 2.05) is 23.1 Å². The largest absolute Gasteiger partial charge is 0.376 e. The average Bonchev–Trinajstić information content (AvgIpc) is 2.66. The smallest absolute Gasteiger partial charge is 0.241 e. The van der Waals surface area contributed by atoms with Gasteiger partial charge in [0.05, 0.1) is 6.54 Å². The van der Waals surface area contributed by atoms with Crippen LogP contribution in [0.3, 0.4) is 0 Å². The third-order valence-electron chi connectivity index (χ3n) is 5.15. The van der Waals surface area contributed by atoms with Gasteiger partial charge < -0.3 is 15.1 Å². The molecule has 0 unspecified atom stereocenters. The van der Waals surface area contributed by atoms with Crippen molar-refractivity contribution in [2.45, 2.75) is 26.7 Å². The maximum absolute atomic E-state index is 12.7. The molecule has 1 saturated heterocycles. The van der Waals surface area contributed by atoms with Crippen LogP contribution in [0.1, 0.15) is 30.9 Å². The molecule has 0 bridgehead atoms. The van der Waals surface area contributed by atoms with Crippen molar-refractivity contribution in [3.8, 4) is 0 Å². The lowest BCUT2D eigenvalue weighted by Gasteiger charge is -2.36. The van der Waals surface area contributed by atoms with Crippen molar-refractivity contribution < 1.29 is 4.79 Å². The number of carbonyl (C=O) groups is 1. The van der Waals surface area contributed by atoms with Gasteiger partial charge in [-0.3, -0.25) is 4.79 Å². The standard InChI is InChI=1S/C22H28ClN3O/c1-16(2)20-9-4-6-17(3)22(20)24-15-21(27)26-12-10-25(11-13-26)19-8-5-7-18(23)14-19/h4-9,14,16,24H,10-13,15H2,1-3H3. The zero-order valence-corrected chi connectivity index (χ0v) is 17.1. The quantitative estimate of drug-likeness (QED) is 0.821. The summed E-state index contributed by atoms with van der Waals surface area (Å²) >= 11 is 6.09. The summed E-state index contributed by atoms with van der Waals surface area (Å²) < 4.78 is 0. The summed E-state index contributed by atoms with van der Waals surface area (Å²) in [6, 6.07) is 14.2. The number of hydrogen-bond donors (Lipinski definition) is 1. The van der Waals surface area contributed by atoms with Crippen molar-refractivity contribution in [2.75, 3.05) is 42.9 Å². The zero-order valence-electron chi connectivity index (χ0n) is 16.3. The van der Waals surface area contributed by atoms with Gasteiger partial charge in [0.2, 0.25) is 5.91 Å². The third-order valence-corrected chi connectivity index (χ3v) is 5.38. The SMILES string of the molecule is Cc1cccc(C(C)C)c1NCC(=O)N1CCN(c2cccc(Cl)c2)CC1. The van der Waals surface area contributed by atoms with Gasteiger partial charge in [0.15, 0.2) is 0 Å². The summed E-state index contributed by atoms with van der Waals surface area (Å²) in [4.78, 5) is 16.9. The Hall–Kier alpha value is -2.20. The molecular weight excluding hydrogens is 358 g/mol. The number of hydrogen-bond acceptors (Lipinski definition) is 3. The average molecular weight is 386 g/mol. The lowest BCUT2D eigenvalue weighted by Crippen LogP contribution is -2.50. The fourth-order valence-corrected chi connectivity index (χ4v) is 3.76. The minimum atomic E-state index is 0.152. The van der Waals surface area contributed by atoms with Crippen LogP contribution in [-0.4, -0.2) is 43.5 Å². The predicted molar refractivity (Wildman–Crippen MR) is 114 cm³/mol. The lowest BCUT2D eigenvalue weighted by molar-refractivity contribution is -0.129. The second kappa shape index (κ2) is 8.66. The molecular formula is C22H28ClN3O. The van der Waals surface area contributed by atoms with E-state index in [1.54, 1.807) is 0 Å². The second-order valence-electron chi connectivity index (χ2n) is 7.40. The van der Waals surface area contributed by atoms with Crippen molar-refractivity contribution in [2.24, 2.45) is 0 Å². The molecule has 2 aromatic rings. The van der Waals surface area contributed by atoms with Crippen LogP contribution in [0.2, 0.25) is 5.02 Å². The fourth-order valence-electron chi connectivity index (χ4n) is 3.58. The Labute approximate surface area is 167 Å². The predicted octanol–water partition coefficient (Wildman–Crippen LogP) is 4.53. The van der Waals surface area contributed by atoms with Crippen LogP contribution < -0.4 is 10.2 Å². The summed E-state index contributed by atoms with van der Waals surface area (Å²) in [5.74, 6) is 0.572. The topological polar surface area (TPSA) is 35.6 Å². The molecule has 4 nitrogen and oxygen atoms in total. The molecule has 0 spiro atoms. The maximum Gasteiger partial charge on any atom is 0.241 e. The fraction of sp³-hybridized carbons (Fsp3) is 0.409. The second-order valence-corrected chi connectivity index (χ2v) is 7.83. The Morgan fingerprint density at radius 1 is 1.11 bits per heavy atom. The van der Waals surface area contributed by atoms with Crippen molar-refractivity contribution in [3.63, 3.8) is 0 Å². The van der Waals surface area contributed by atoms with Crippen molar-refractivity contribution in [1.29, 1.82) is 0 Å². The van der Waals surface area contributed by atoms with Crippen LogP contribution in [0.25, 0.3) is 0 Å². The molecule has 0 saturated carbocycles. The van der Waals surface area contributed by atoms with Gasteiger partial charge in [0, 0.05) is 42.6 Å². The van der Waals surface area contributed by atoms with Gasteiger partial charge in [0.25, 0.3) is 0 Å². The van der Waals surface area contributed by atoms with Crippen molar-refractivity contribution >= 4 is 28.9 Å². The lowest BCUT2D eigenvalue weighted by atomic mass is 9.98. The van der Waals surface area contributed by atoms with Gasteiger partial charge in [0.1, 0.15) is 0 Å². The van der Waals surface area contributed by atoms with Crippen LogP contribution in [0, 0.1) is 6.92 Å². The number of piperazine rings is 1. The van der Waals surface area contributed by atoms with Crippen LogP contribution in [-0.2, 0) is 4.79 Å². The Balaban J connectivity index is 1.56. The number of rotatable bonds is 5. The number of nitrogens with zero attached hydrogens (tertiary/aromatic N) is 2. The first-order valence-electron chi connectivity index (χ1n) is 9.57. The van der Waals surface area contributed by atoms with E-state index >= 15 is 0 Å². The van der Waals surface area contributed by atoms with Gasteiger partial charge in [-0.1, -0.05) is 49.7 Å². The molecule has 27 heavy (non-hydrogen) atoms. The van der Waals surface area contributed by atoms with Gasteiger partial charge in [-0.15, -0.1) is 0 Å². The van der Waals surface area contributed by atoms with Gasteiger partial charge >= 0.3 is 0 Å². The van der Waals surface area contributed by atoms with Crippen LogP contribution in [0.4, 0.5) is 11.4 Å². The van der Waals surface area contributed by atoms with Crippen LogP contribution in [0.5, 0.6) is 0 Å². The van der Waals surface area contributed by atoms with E-state index in [-0.39, 0.29) is 5.91 Å². The first-order chi connectivity index (χ1) is 13.0. The minimum absolute atomic E-state index is 0.152. The van der Waals surface area contributed by atoms with Crippen molar-refractivity contribution in [1.82, 2.24) is 4.90 Å². The number of carbonyl (C=O) groups excluding carboxylic acids is 1.